The SMILES string of the molecule is CCN1CCNc2c(N)cccc21. The number of nitrogens with zero attached hydrogens (tertiary/aromatic N) is 1. The fourth-order valence-corrected chi connectivity index (χ4v) is 1.78. The van der Waals surface area contributed by atoms with Crippen molar-refractivity contribution >= 4 is 17.1 Å². The minimum atomic E-state index is 0.843. The topological polar surface area (TPSA) is 41.3 Å². The van der Waals surface area contributed by atoms with Crippen molar-refractivity contribution in [1.29, 1.82) is 0 Å². The van der Waals surface area contributed by atoms with Crippen LogP contribution in [-0.2, 0) is 0 Å². The van der Waals surface area contributed by atoms with E-state index in [0.29, 0.717) is 0 Å². The molecule has 0 radical (unpaired) electrons. The Morgan fingerprint density at radius 2 is 2.38 bits per heavy atom. The first-order valence-electron chi connectivity index (χ1n) is 4.70. The van der Waals surface area contributed by atoms with Gasteiger partial charge in [-0.15, -0.1) is 0 Å². The van der Waals surface area contributed by atoms with Crippen LogP contribution in [0.25, 0.3) is 0 Å². The molecule has 0 atom stereocenters. The molecule has 1 aromatic carbocycles. The third-order valence-corrected chi connectivity index (χ3v) is 2.48. The van der Waals surface area contributed by atoms with Gasteiger partial charge in [-0.05, 0) is 19.1 Å². The van der Waals surface area contributed by atoms with Gasteiger partial charge in [-0.25, -0.2) is 0 Å². The molecule has 3 N–H and O–H groups in total. The van der Waals surface area contributed by atoms with Gasteiger partial charge in [-0.2, -0.15) is 0 Å². The zero-order chi connectivity index (χ0) is 9.26. The number of nitrogens with one attached hydrogen (secondary N) is 1. The molecule has 1 heterocycles. The van der Waals surface area contributed by atoms with Crippen LogP contribution in [-0.4, -0.2) is 19.6 Å². The fraction of sp³-hybridized carbons (Fsp3) is 0.400. The number of hydrogen-bond acceptors (Lipinski definition) is 3. The molecule has 0 bridgehead atoms. The Kier molecular flexibility index (Phi) is 2.00. The average Bonchev–Trinajstić information content (AvgIpc) is 2.18. The lowest BCUT2D eigenvalue weighted by molar-refractivity contribution is 0.815. The summed E-state index contributed by atoms with van der Waals surface area (Å²) in [5, 5.41) is 3.33. The van der Waals surface area contributed by atoms with Gasteiger partial charge >= 0.3 is 0 Å². The Balaban J connectivity index is 2.45. The fourth-order valence-electron chi connectivity index (χ4n) is 1.78. The van der Waals surface area contributed by atoms with Crippen LogP contribution < -0.4 is 16.0 Å². The second-order valence-corrected chi connectivity index (χ2v) is 3.25. The minimum absolute atomic E-state index is 0.843. The third-order valence-electron chi connectivity index (χ3n) is 2.48. The van der Waals surface area contributed by atoms with Crippen LogP contribution in [0.5, 0.6) is 0 Å². The summed E-state index contributed by atoms with van der Waals surface area (Å²) in [6.07, 6.45) is 0. The van der Waals surface area contributed by atoms with Gasteiger partial charge in [0.25, 0.3) is 0 Å². The molecule has 70 valence electrons. The second-order valence-electron chi connectivity index (χ2n) is 3.25. The number of anilines is 3. The lowest BCUT2D eigenvalue weighted by Crippen LogP contribution is -2.33. The van der Waals surface area contributed by atoms with Crippen LogP contribution >= 0.6 is 0 Å². The van der Waals surface area contributed by atoms with Crippen molar-refractivity contribution in [2.75, 3.05) is 35.6 Å². The highest BCUT2D eigenvalue weighted by Gasteiger charge is 2.15. The number of nitrogen functional groups attached to an aromatic ring is 1. The molecule has 3 heteroatoms. The van der Waals surface area contributed by atoms with Crippen LogP contribution in [0, 0.1) is 0 Å². The van der Waals surface area contributed by atoms with Crippen molar-refractivity contribution in [2.24, 2.45) is 0 Å². The van der Waals surface area contributed by atoms with E-state index in [0.717, 1.165) is 31.0 Å². The Morgan fingerprint density at radius 3 is 3.15 bits per heavy atom. The molecule has 0 unspecified atom stereocenters. The number of benzene rings is 1. The molecule has 0 saturated carbocycles. The summed E-state index contributed by atoms with van der Waals surface area (Å²) in [5.74, 6) is 0. The van der Waals surface area contributed by atoms with Crippen LogP contribution in [0.4, 0.5) is 17.1 Å². The van der Waals surface area contributed by atoms with Crippen molar-refractivity contribution in [3.63, 3.8) is 0 Å². The number of nitrogens with two attached hydrogens (primary N) is 1. The first-order chi connectivity index (χ1) is 6.33. The molecule has 1 aromatic rings. The van der Waals surface area contributed by atoms with Gasteiger partial charge in [0.1, 0.15) is 0 Å². The standard InChI is InChI=1S/C10H15N3/c1-2-13-7-6-12-10-8(11)4-3-5-9(10)13/h3-5,12H,2,6-7,11H2,1H3. The monoisotopic (exact) mass is 177 g/mol. The van der Waals surface area contributed by atoms with Crippen molar-refractivity contribution in [1.82, 2.24) is 0 Å². The summed E-state index contributed by atoms with van der Waals surface area (Å²) in [6, 6.07) is 6.05. The van der Waals surface area contributed by atoms with Gasteiger partial charge in [0.15, 0.2) is 0 Å². The van der Waals surface area contributed by atoms with E-state index in [9.17, 15) is 0 Å². The second kappa shape index (κ2) is 3.17. The van der Waals surface area contributed by atoms with Crippen molar-refractivity contribution < 1.29 is 0 Å². The van der Waals surface area contributed by atoms with Crippen molar-refractivity contribution in [2.45, 2.75) is 6.92 Å². The number of hydrogen-bond donors (Lipinski definition) is 2. The van der Waals surface area contributed by atoms with Crippen LogP contribution in [0.1, 0.15) is 6.92 Å². The van der Waals surface area contributed by atoms with Gasteiger partial charge in [0.2, 0.25) is 0 Å². The number of para-hydroxylation sites is 1. The van der Waals surface area contributed by atoms with Crippen molar-refractivity contribution in [3.05, 3.63) is 18.2 Å². The lowest BCUT2D eigenvalue weighted by Gasteiger charge is -2.31. The predicted molar refractivity (Wildman–Crippen MR) is 57.2 cm³/mol. The highest BCUT2D eigenvalue weighted by atomic mass is 15.2. The molecule has 0 spiro atoms. The maximum atomic E-state index is 5.87. The first-order valence-corrected chi connectivity index (χ1v) is 4.70. The molecule has 13 heavy (non-hydrogen) atoms. The van der Waals surface area contributed by atoms with Gasteiger partial charge < -0.3 is 16.0 Å². The number of rotatable bonds is 1. The summed E-state index contributed by atoms with van der Waals surface area (Å²) in [6.45, 7) is 5.25. The average molecular weight is 177 g/mol. The van der Waals surface area contributed by atoms with E-state index in [1.54, 1.807) is 0 Å². The molecule has 0 amide bonds. The Hall–Kier alpha value is -1.38. The maximum absolute atomic E-state index is 5.87. The van der Waals surface area contributed by atoms with Gasteiger partial charge in [0.05, 0.1) is 17.1 Å². The summed E-state index contributed by atoms with van der Waals surface area (Å²) >= 11 is 0. The molecule has 0 aliphatic carbocycles. The summed E-state index contributed by atoms with van der Waals surface area (Å²) < 4.78 is 0. The third kappa shape index (κ3) is 1.30. The van der Waals surface area contributed by atoms with Crippen LogP contribution in [0.2, 0.25) is 0 Å². The Labute approximate surface area is 78.5 Å². The molecule has 0 aromatic heterocycles. The Morgan fingerprint density at radius 1 is 1.54 bits per heavy atom. The Bertz CT molecular complexity index is 309. The van der Waals surface area contributed by atoms with E-state index >= 15 is 0 Å². The molecular formula is C10H15N3. The zero-order valence-electron chi connectivity index (χ0n) is 7.88. The summed E-state index contributed by atoms with van der Waals surface area (Å²) in [4.78, 5) is 2.34. The normalized spacial score (nSPS) is 15.0. The number of fused-ring (bicyclic) bond motifs is 1. The minimum Gasteiger partial charge on any atom is -0.397 e. The van der Waals surface area contributed by atoms with E-state index < -0.39 is 0 Å². The molecule has 0 fully saturated rings. The quantitative estimate of drug-likeness (QED) is 0.639. The highest BCUT2D eigenvalue weighted by Crippen LogP contribution is 2.33. The lowest BCUT2D eigenvalue weighted by atomic mass is 10.1. The predicted octanol–water partition coefficient (Wildman–Crippen LogP) is 1.52. The molecular weight excluding hydrogens is 162 g/mol. The molecule has 1 aliphatic heterocycles. The van der Waals surface area contributed by atoms with Crippen LogP contribution in [0.15, 0.2) is 18.2 Å². The van der Waals surface area contributed by atoms with E-state index in [1.165, 1.54) is 5.69 Å². The van der Waals surface area contributed by atoms with Crippen LogP contribution in [0.3, 0.4) is 0 Å². The van der Waals surface area contributed by atoms with E-state index in [1.807, 2.05) is 12.1 Å². The van der Waals surface area contributed by atoms with E-state index in [2.05, 4.69) is 23.2 Å². The number of likely N-dealkylation sites (N-methyl/N-ethyl adjacent to an activating group) is 1. The van der Waals surface area contributed by atoms with Gasteiger partial charge in [-0.3, -0.25) is 0 Å². The van der Waals surface area contributed by atoms with Crippen molar-refractivity contribution in [3.8, 4) is 0 Å². The summed E-state index contributed by atoms with van der Waals surface area (Å²) in [5.41, 5.74) is 9.04. The first kappa shape index (κ1) is 8.23. The maximum Gasteiger partial charge on any atom is 0.0812 e. The van der Waals surface area contributed by atoms with E-state index in [-0.39, 0.29) is 0 Å². The molecule has 3 nitrogen and oxygen atoms in total. The summed E-state index contributed by atoms with van der Waals surface area (Å²) in [7, 11) is 0. The van der Waals surface area contributed by atoms with Gasteiger partial charge in [0, 0.05) is 19.6 Å². The molecule has 1 aliphatic rings. The highest BCUT2D eigenvalue weighted by molar-refractivity contribution is 5.83. The smallest absolute Gasteiger partial charge is 0.0812 e. The zero-order valence-corrected chi connectivity index (χ0v) is 7.88. The largest absolute Gasteiger partial charge is 0.397 e. The molecule has 0 saturated heterocycles. The van der Waals surface area contributed by atoms with E-state index in [4.69, 9.17) is 5.73 Å². The van der Waals surface area contributed by atoms with Gasteiger partial charge in [-0.1, -0.05) is 6.07 Å². The molecule has 2 rings (SSSR count).